The molecule has 158 valence electrons. The maximum Gasteiger partial charge on any atom is 0.272 e. The lowest BCUT2D eigenvalue weighted by Gasteiger charge is -2.18. The molecule has 0 bridgehead atoms. The molecule has 0 aliphatic carbocycles. The number of amides is 1. The smallest absolute Gasteiger partial charge is 0.272 e. The van der Waals surface area contributed by atoms with Gasteiger partial charge in [0.2, 0.25) is 5.91 Å². The molecule has 7 heteroatoms. The van der Waals surface area contributed by atoms with Gasteiger partial charge in [0.05, 0.1) is 18.0 Å². The van der Waals surface area contributed by atoms with Gasteiger partial charge in [-0.2, -0.15) is 0 Å². The standard InChI is InChI=1S/C23H28N4O3/c1-14(2)11-26-12-17(9-20(26)28)18-10-21(29)27-23(24-18)22(19(25-27)13-30-4)16-7-5-15(3)6-8-16/h5-8,10,14,17,25H,9,11-13H2,1-4H3. The lowest BCUT2D eigenvalue weighted by atomic mass is 10.0. The van der Waals surface area contributed by atoms with Crippen molar-refractivity contribution in [3.63, 3.8) is 0 Å². The molecule has 0 saturated carbocycles. The van der Waals surface area contributed by atoms with Crippen molar-refractivity contribution in [3.8, 4) is 11.1 Å². The Kier molecular flexibility index (Phi) is 5.47. The fraction of sp³-hybridized carbons (Fsp3) is 0.435. The molecule has 30 heavy (non-hydrogen) atoms. The van der Waals surface area contributed by atoms with Crippen LogP contribution in [0.1, 0.15) is 43.1 Å². The van der Waals surface area contributed by atoms with E-state index in [4.69, 9.17) is 9.72 Å². The second kappa shape index (κ2) is 8.07. The number of aromatic amines is 1. The molecule has 1 N–H and O–H groups in total. The van der Waals surface area contributed by atoms with Crippen molar-refractivity contribution < 1.29 is 9.53 Å². The molecule has 1 atom stereocenters. The topological polar surface area (TPSA) is 79.7 Å². The first kappa shape index (κ1) is 20.3. The van der Waals surface area contributed by atoms with E-state index < -0.39 is 0 Å². The van der Waals surface area contributed by atoms with E-state index >= 15 is 0 Å². The van der Waals surface area contributed by atoms with E-state index in [0.717, 1.165) is 28.9 Å². The molecule has 7 nitrogen and oxygen atoms in total. The number of ether oxygens (including phenoxy) is 1. The summed E-state index contributed by atoms with van der Waals surface area (Å²) in [4.78, 5) is 32.1. The molecule has 0 spiro atoms. The molecular formula is C23H28N4O3. The van der Waals surface area contributed by atoms with Crippen LogP contribution in [0.4, 0.5) is 0 Å². The van der Waals surface area contributed by atoms with E-state index in [1.807, 2.05) is 36.1 Å². The Morgan fingerprint density at radius 3 is 2.63 bits per heavy atom. The highest BCUT2D eigenvalue weighted by Crippen LogP contribution is 2.31. The van der Waals surface area contributed by atoms with Gasteiger partial charge in [-0.1, -0.05) is 43.7 Å². The van der Waals surface area contributed by atoms with E-state index in [2.05, 4.69) is 18.9 Å². The number of carbonyl (C=O) groups excluding carboxylic acids is 1. The van der Waals surface area contributed by atoms with Crippen LogP contribution < -0.4 is 5.56 Å². The summed E-state index contributed by atoms with van der Waals surface area (Å²) >= 11 is 0. The minimum Gasteiger partial charge on any atom is -0.378 e. The van der Waals surface area contributed by atoms with Crippen molar-refractivity contribution in [2.45, 2.75) is 39.7 Å². The maximum absolute atomic E-state index is 12.9. The van der Waals surface area contributed by atoms with Crippen molar-refractivity contribution in [2.24, 2.45) is 5.92 Å². The van der Waals surface area contributed by atoms with Crippen LogP contribution >= 0.6 is 0 Å². The number of likely N-dealkylation sites (tertiary alicyclic amines) is 1. The minimum absolute atomic E-state index is 0.0689. The summed E-state index contributed by atoms with van der Waals surface area (Å²) in [5.41, 5.74) is 4.86. The first-order valence-electron chi connectivity index (χ1n) is 10.4. The predicted molar refractivity (Wildman–Crippen MR) is 115 cm³/mol. The normalized spacial score (nSPS) is 16.9. The van der Waals surface area contributed by atoms with Crippen LogP contribution in [0.2, 0.25) is 0 Å². The monoisotopic (exact) mass is 408 g/mol. The Morgan fingerprint density at radius 1 is 1.23 bits per heavy atom. The zero-order valence-electron chi connectivity index (χ0n) is 17.9. The zero-order chi connectivity index (χ0) is 21.4. The number of aromatic nitrogens is 3. The average molecular weight is 409 g/mol. The van der Waals surface area contributed by atoms with Gasteiger partial charge in [-0.3, -0.25) is 14.7 Å². The summed E-state index contributed by atoms with van der Waals surface area (Å²) < 4.78 is 6.82. The van der Waals surface area contributed by atoms with Gasteiger partial charge in [-0.05, 0) is 18.4 Å². The largest absolute Gasteiger partial charge is 0.378 e. The van der Waals surface area contributed by atoms with Crippen molar-refractivity contribution in [3.05, 3.63) is 57.6 Å². The third-order valence-electron chi connectivity index (χ3n) is 5.56. The number of nitrogens with zero attached hydrogens (tertiary/aromatic N) is 3. The summed E-state index contributed by atoms with van der Waals surface area (Å²) in [6, 6.07) is 9.68. The molecule has 0 radical (unpaired) electrons. The summed E-state index contributed by atoms with van der Waals surface area (Å²) in [6.07, 6.45) is 0.393. The lowest BCUT2D eigenvalue weighted by Crippen LogP contribution is -2.29. The quantitative estimate of drug-likeness (QED) is 0.680. The van der Waals surface area contributed by atoms with Gasteiger partial charge in [0, 0.05) is 44.2 Å². The van der Waals surface area contributed by atoms with Gasteiger partial charge in [0.1, 0.15) is 0 Å². The second-order valence-electron chi connectivity index (χ2n) is 8.54. The number of benzene rings is 1. The van der Waals surface area contributed by atoms with Gasteiger partial charge >= 0.3 is 0 Å². The Labute approximate surface area is 175 Å². The lowest BCUT2D eigenvalue weighted by molar-refractivity contribution is -0.128. The number of H-pyrrole nitrogens is 1. The first-order chi connectivity index (χ1) is 14.4. The van der Waals surface area contributed by atoms with Crippen molar-refractivity contribution in [1.29, 1.82) is 0 Å². The van der Waals surface area contributed by atoms with Crippen molar-refractivity contribution in [2.75, 3.05) is 20.2 Å². The van der Waals surface area contributed by atoms with E-state index in [-0.39, 0.29) is 17.4 Å². The number of fused-ring (bicyclic) bond motifs is 1. The summed E-state index contributed by atoms with van der Waals surface area (Å²) in [7, 11) is 1.62. The van der Waals surface area contributed by atoms with E-state index in [1.54, 1.807) is 13.2 Å². The number of carbonyl (C=O) groups is 1. The van der Waals surface area contributed by atoms with Gasteiger partial charge in [-0.15, -0.1) is 0 Å². The van der Waals surface area contributed by atoms with E-state index in [0.29, 0.717) is 36.8 Å². The zero-order valence-corrected chi connectivity index (χ0v) is 17.9. The Bertz CT molecular complexity index is 1130. The molecule has 1 amide bonds. The first-order valence-corrected chi connectivity index (χ1v) is 10.4. The maximum atomic E-state index is 12.9. The number of hydrogen-bond donors (Lipinski definition) is 1. The molecule has 1 aliphatic heterocycles. The van der Waals surface area contributed by atoms with Crippen LogP contribution in [0, 0.1) is 12.8 Å². The number of nitrogens with one attached hydrogen (secondary N) is 1. The predicted octanol–water partition coefficient (Wildman–Crippen LogP) is 3.12. The van der Waals surface area contributed by atoms with Gasteiger partial charge in [0.15, 0.2) is 5.65 Å². The van der Waals surface area contributed by atoms with E-state index in [1.165, 1.54) is 4.52 Å². The van der Waals surface area contributed by atoms with Crippen LogP contribution in [-0.2, 0) is 16.1 Å². The molecule has 3 heterocycles. The summed E-state index contributed by atoms with van der Waals surface area (Å²) in [6.45, 7) is 7.91. The summed E-state index contributed by atoms with van der Waals surface area (Å²) in [5.74, 6) is 0.465. The highest BCUT2D eigenvalue weighted by Gasteiger charge is 2.32. The number of hydrogen-bond acceptors (Lipinski definition) is 4. The molecular weight excluding hydrogens is 380 g/mol. The minimum atomic E-state index is -0.180. The Balaban J connectivity index is 1.81. The third kappa shape index (κ3) is 3.77. The molecule has 3 aromatic rings. The molecule has 4 rings (SSSR count). The number of methoxy groups -OCH3 is 1. The Morgan fingerprint density at radius 2 is 1.97 bits per heavy atom. The highest BCUT2D eigenvalue weighted by molar-refractivity contribution is 5.81. The van der Waals surface area contributed by atoms with Crippen LogP contribution in [0.25, 0.3) is 16.8 Å². The fourth-order valence-corrected chi connectivity index (χ4v) is 4.17. The number of rotatable bonds is 6. The molecule has 1 saturated heterocycles. The van der Waals surface area contributed by atoms with Crippen LogP contribution in [0.15, 0.2) is 35.1 Å². The van der Waals surface area contributed by atoms with Gasteiger partial charge < -0.3 is 9.64 Å². The van der Waals surface area contributed by atoms with Gasteiger partial charge in [-0.25, -0.2) is 9.50 Å². The average Bonchev–Trinajstić information content (AvgIpc) is 3.23. The molecule has 1 aromatic carbocycles. The van der Waals surface area contributed by atoms with Crippen LogP contribution in [0.5, 0.6) is 0 Å². The van der Waals surface area contributed by atoms with E-state index in [9.17, 15) is 9.59 Å². The molecule has 2 aromatic heterocycles. The van der Waals surface area contributed by atoms with Crippen LogP contribution in [-0.4, -0.2) is 45.6 Å². The van der Waals surface area contributed by atoms with Crippen molar-refractivity contribution in [1.82, 2.24) is 19.5 Å². The molecule has 1 unspecified atom stereocenters. The third-order valence-corrected chi connectivity index (χ3v) is 5.56. The highest BCUT2D eigenvalue weighted by atomic mass is 16.5. The second-order valence-corrected chi connectivity index (χ2v) is 8.54. The molecule has 1 aliphatic rings. The van der Waals surface area contributed by atoms with Crippen LogP contribution in [0.3, 0.4) is 0 Å². The fourth-order valence-electron chi connectivity index (χ4n) is 4.17. The van der Waals surface area contributed by atoms with Gasteiger partial charge in [0.25, 0.3) is 5.56 Å². The molecule has 1 fully saturated rings. The van der Waals surface area contributed by atoms with Crippen molar-refractivity contribution >= 4 is 11.6 Å². The number of aryl methyl sites for hydroxylation is 1. The summed E-state index contributed by atoms with van der Waals surface area (Å²) in [5, 5.41) is 3.15. The Hall–Kier alpha value is -2.93. The SMILES string of the molecule is COCc1[nH]n2c(=O)cc(C3CC(=O)N(CC(C)C)C3)nc2c1-c1ccc(C)cc1.